The zero-order valence-corrected chi connectivity index (χ0v) is 8.16. The summed E-state index contributed by atoms with van der Waals surface area (Å²) in [4.78, 5) is 15.5. The lowest BCUT2D eigenvalue weighted by atomic mass is 10.3. The molecule has 0 saturated heterocycles. The molecule has 60 valence electrons. The van der Waals surface area contributed by atoms with Crippen molar-refractivity contribution in [2.45, 2.75) is 0 Å². The van der Waals surface area contributed by atoms with Crippen molar-refractivity contribution in [1.29, 1.82) is 0 Å². The van der Waals surface area contributed by atoms with Gasteiger partial charge in [0.15, 0.2) is 0 Å². The number of carbonyl (C=O) groups is 1. The first-order chi connectivity index (χ1) is 5.24. The van der Waals surface area contributed by atoms with Crippen LogP contribution >= 0.6 is 27.3 Å². The second-order valence-corrected chi connectivity index (χ2v) is 4.07. The van der Waals surface area contributed by atoms with Crippen LogP contribution in [0.15, 0.2) is 15.2 Å². The number of nitrogens with one attached hydrogen (secondary N) is 1. The number of hydrogen-bond donors (Lipinski definition) is 1. The van der Waals surface area contributed by atoms with E-state index in [9.17, 15) is 4.79 Å². The Kier molecular flexibility index (Phi) is 3.04. The second kappa shape index (κ2) is 3.85. The highest BCUT2D eigenvalue weighted by atomic mass is 79.9. The van der Waals surface area contributed by atoms with Crippen LogP contribution in [-0.2, 0) is 4.84 Å². The van der Waals surface area contributed by atoms with Gasteiger partial charge in [0, 0.05) is 5.38 Å². The van der Waals surface area contributed by atoms with Crippen LogP contribution in [0.5, 0.6) is 0 Å². The third-order valence-corrected chi connectivity index (χ3v) is 2.53. The van der Waals surface area contributed by atoms with E-state index in [1.54, 1.807) is 11.4 Å². The topological polar surface area (TPSA) is 38.3 Å². The van der Waals surface area contributed by atoms with Crippen molar-refractivity contribution in [3.63, 3.8) is 0 Å². The van der Waals surface area contributed by atoms with Gasteiger partial charge in [-0.1, -0.05) is 0 Å². The van der Waals surface area contributed by atoms with Crippen LogP contribution in [-0.4, -0.2) is 13.0 Å². The van der Waals surface area contributed by atoms with E-state index in [2.05, 4.69) is 26.2 Å². The molecule has 0 unspecified atom stereocenters. The monoisotopic (exact) mass is 235 g/mol. The normalized spacial score (nSPS) is 9.64. The lowest BCUT2D eigenvalue weighted by molar-refractivity contribution is 0.0538. The van der Waals surface area contributed by atoms with Gasteiger partial charge in [-0.25, -0.2) is 5.48 Å². The Labute approximate surface area is 76.4 Å². The maximum Gasteiger partial charge on any atom is 0.275 e. The Bertz CT molecular complexity index is 261. The predicted molar refractivity (Wildman–Crippen MR) is 46.5 cm³/mol. The van der Waals surface area contributed by atoms with Gasteiger partial charge in [0.25, 0.3) is 5.91 Å². The smallest absolute Gasteiger partial charge is 0.275 e. The van der Waals surface area contributed by atoms with Crippen LogP contribution in [0.2, 0.25) is 0 Å². The zero-order chi connectivity index (χ0) is 8.27. The van der Waals surface area contributed by atoms with Crippen molar-refractivity contribution < 1.29 is 9.63 Å². The number of thiophene rings is 1. The van der Waals surface area contributed by atoms with E-state index in [-0.39, 0.29) is 5.91 Å². The summed E-state index contributed by atoms with van der Waals surface area (Å²) in [6, 6.07) is 1.74. The fourth-order valence-corrected chi connectivity index (χ4v) is 1.72. The molecule has 1 N–H and O–H groups in total. The molecule has 0 radical (unpaired) electrons. The summed E-state index contributed by atoms with van der Waals surface area (Å²) in [5, 5.41) is 1.75. The number of carbonyl (C=O) groups excluding carboxylic acids is 1. The molecule has 0 aromatic carbocycles. The van der Waals surface area contributed by atoms with E-state index in [1.807, 2.05) is 0 Å². The number of hydrogen-bond acceptors (Lipinski definition) is 3. The van der Waals surface area contributed by atoms with Gasteiger partial charge in [0.1, 0.15) is 0 Å². The lowest BCUT2D eigenvalue weighted by Crippen LogP contribution is -2.20. The summed E-state index contributed by atoms with van der Waals surface area (Å²) in [5.74, 6) is -0.227. The predicted octanol–water partition coefficient (Wildman–Crippen LogP) is 1.80. The molecule has 0 aliphatic rings. The highest BCUT2D eigenvalue weighted by Crippen LogP contribution is 2.20. The molecule has 1 aromatic rings. The molecule has 1 amide bonds. The number of halogens is 1. The molecular formula is C6H6BrNO2S. The molecule has 3 nitrogen and oxygen atoms in total. The first-order valence-electron chi connectivity index (χ1n) is 2.81. The molecule has 0 spiro atoms. The highest BCUT2D eigenvalue weighted by molar-refractivity contribution is 9.11. The summed E-state index contributed by atoms with van der Waals surface area (Å²) < 4.78 is 0.929. The first-order valence-corrected chi connectivity index (χ1v) is 4.48. The molecule has 1 heterocycles. The van der Waals surface area contributed by atoms with Gasteiger partial charge in [0.05, 0.1) is 16.5 Å². The minimum Gasteiger partial charge on any atom is -0.277 e. The molecule has 0 atom stereocenters. The SMILES string of the molecule is CONC(=O)c1csc(Br)c1. The molecule has 1 aromatic heterocycles. The summed E-state index contributed by atoms with van der Waals surface area (Å²) in [5.41, 5.74) is 2.82. The molecule has 0 fully saturated rings. The van der Waals surface area contributed by atoms with E-state index in [1.165, 1.54) is 18.4 Å². The van der Waals surface area contributed by atoms with Crippen LogP contribution < -0.4 is 5.48 Å². The van der Waals surface area contributed by atoms with Gasteiger partial charge in [-0.15, -0.1) is 11.3 Å². The maximum absolute atomic E-state index is 11.0. The van der Waals surface area contributed by atoms with Gasteiger partial charge in [-0.05, 0) is 22.0 Å². The van der Waals surface area contributed by atoms with Crippen molar-refractivity contribution in [1.82, 2.24) is 5.48 Å². The lowest BCUT2D eigenvalue weighted by Gasteiger charge is -1.96. The summed E-state index contributed by atoms with van der Waals surface area (Å²) in [7, 11) is 1.40. The number of rotatable bonds is 2. The Morgan fingerprint density at radius 2 is 2.55 bits per heavy atom. The van der Waals surface area contributed by atoms with E-state index in [4.69, 9.17) is 0 Å². The van der Waals surface area contributed by atoms with Crippen molar-refractivity contribution >= 4 is 33.2 Å². The fraction of sp³-hybridized carbons (Fsp3) is 0.167. The van der Waals surface area contributed by atoms with Gasteiger partial charge in [-0.3, -0.25) is 9.63 Å². The average Bonchev–Trinajstić information content (AvgIpc) is 2.36. The van der Waals surface area contributed by atoms with Crippen molar-refractivity contribution in [3.05, 3.63) is 20.8 Å². The molecule has 0 aliphatic carbocycles. The Hall–Kier alpha value is -0.390. The largest absolute Gasteiger partial charge is 0.277 e. The van der Waals surface area contributed by atoms with E-state index in [0.29, 0.717) is 5.56 Å². The third-order valence-electron chi connectivity index (χ3n) is 1.02. The van der Waals surface area contributed by atoms with Crippen molar-refractivity contribution in [2.75, 3.05) is 7.11 Å². The molecule has 0 aliphatic heterocycles. The number of amides is 1. The van der Waals surface area contributed by atoms with E-state index < -0.39 is 0 Å². The highest BCUT2D eigenvalue weighted by Gasteiger charge is 2.05. The summed E-state index contributed by atoms with van der Waals surface area (Å²) in [6.45, 7) is 0. The molecule has 0 bridgehead atoms. The minimum absolute atomic E-state index is 0.227. The fourth-order valence-electron chi connectivity index (χ4n) is 0.581. The van der Waals surface area contributed by atoms with E-state index in [0.717, 1.165) is 3.79 Å². The van der Waals surface area contributed by atoms with Gasteiger partial charge >= 0.3 is 0 Å². The van der Waals surface area contributed by atoms with Crippen molar-refractivity contribution in [3.8, 4) is 0 Å². The van der Waals surface area contributed by atoms with E-state index >= 15 is 0 Å². The first kappa shape index (κ1) is 8.70. The molecule has 1 rings (SSSR count). The average molecular weight is 236 g/mol. The molecule has 11 heavy (non-hydrogen) atoms. The van der Waals surface area contributed by atoms with Crippen LogP contribution in [0, 0.1) is 0 Å². The van der Waals surface area contributed by atoms with Crippen LogP contribution in [0.25, 0.3) is 0 Å². The number of hydroxylamine groups is 1. The quantitative estimate of drug-likeness (QED) is 0.795. The van der Waals surface area contributed by atoms with Crippen LogP contribution in [0.3, 0.4) is 0 Å². The standard InChI is InChI=1S/C6H6BrNO2S/c1-10-8-6(9)4-2-5(7)11-3-4/h2-3H,1H3,(H,8,9). The van der Waals surface area contributed by atoms with Crippen LogP contribution in [0.1, 0.15) is 10.4 Å². The van der Waals surface area contributed by atoms with Crippen molar-refractivity contribution in [2.24, 2.45) is 0 Å². The molecular weight excluding hydrogens is 230 g/mol. The maximum atomic E-state index is 11.0. The summed E-state index contributed by atoms with van der Waals surface area (Å²) >= 11 is 4.71. The Morgan fingerprint density at radius 1 is 1.82 bits per heavy atom. The third kappa shape index (κ3) is 2.28. The Balaban J connectivity index is 2.69. The second-order valence-electron chi connectivity index (χ2n) is 1.77. The molecule has 5 heteroatoms. The van der Waals surface area contributed by atoms with Gasteiger partial charge < -0.3 is 0 Å². The Morgan fingerprint density at radius 3 is 3.00 bits per heavy atom. The molecule has 0 saturated carbocycles. The summed E-state index contributed by atoms with van der Waals surface area (Å²) in [6.07, 6.45) is 0. The van der Waals surface area contributed by atoms with Crippen LogP contribution in [0.4, 0.5) is 0 Å². The minimum atomic E-state index is -0.227. The zero-order valence-electron chi connectivity index (χ0n) is 5.76. The van der Waals surface area contributed by atoms with Gasteiger partial charge in [-0.2, -0.15) is 0 Å². The van der Waals surface area contributed by atoms with Gasteiger partial charge in [0.2, 0.25) is 0 Å².